The van der Waals surface area contributed by atoms with Crippen LogP contribution in [0.25, 0.3) is 0 Å². The van der Waals surface area contributed by atoms with Gasteiger partial charge in [0, 0.05) is 25.7 Å². The molecule has 0 spiro atoms. The second-order valence-electron chi connectivity index (χ2n) is 4.88. The van der Waals surface area contributed by atoms with E-state index in [0.717, 1.165) is 26.2 Å². The van der Waals surface area contributed by atoms with Gasteiger partial charge in [-0.2, -0.15) is 0 Å². The van der Waals surface area contributed by atoms with Crippen molar-refractivity contribution < 1.29 is 19.0 Å². The van der Waals surface area contributed by atoms with Gasteiger partial charge in [-0.15, -0.1) is 0 Å². The quantitative estimate of drug-likeness (QED) is 0.401. The van der Waals surface area contributed by atoms with Gasteiger partial charge in [0.15, 0.2) is 0 Å². The minimum absolute atomic E-state index is 0.0664. The van der Waals surface area contributed by atoms with Crippen molar-refractivity contribution in [3.63, 3.8) is 0 Å². The second-order valence-corrected chi connectivity index (χ2v) is 4.88. The first kappa shape index (κ1) is 15.1. The Kier molecular flexibility index (Phi) is 6.32. The molecular formula is C13H23NO4. The van der Waals surface area contributed by atoms with Crippen LogP contribution in [0.1, 0.15) is 13.8 Å². The predicted molar refractivity (Wildman–Crippen MR) is 68.4 cm³/mol. The van der Waals surface area contributed by atoms with Gasteiger partial charge >= 0.3 is 5.97 Å². The van der Waals surface area contributed by atoms with E-state index in [1.54, 1.807) is 6.08 Å². The van der Waals surface area contributed by atoms with Crippen LogP contribution < -0.4 is 0 Å². The maximum Gasteiger partial charge on any atom is 0.330 e. The van der Waals surface area contributed by atoms with Crippen LogP contribution in [-0.4, -0.2) is 63.0 Å². The standard InChI is InChI=1S/C13H23NO4/c1-13(2)11-14(7-10-18-13)6-9-17-8-4-5-12(15)16-3/h4-5H,6-11H2,1-3H3/b5-4+. The van der Waals surface area contributed by atoms with E-state index in [-0.39, 0.29) is 11.6 Å². The highest BCUT2D eigenvalue weighted by Gasteiger charge is 2.26. The molecule has 0 aromatic carbocycles. The molecule has 0 atom stereocenters. The smallest absolute Gasteiger partial charge is 0.330 e. The van der Waals surface area contributed by atoms with E-state index in [1.165, 1.54) is 13.2 Å². The van der Waals surface area contributed by atoms with E-state index < -0.39 is 0 Å². The Hall–Kier alpha value is -0.910. The molecule has 1 rings (SSSR count). The fraction of sp³-hybridized carbons (Fsp3) is 0.769. The second kappa shape index (κ2) is 7.51. The van der Waals surface area contributed by atoms with Crippen molar-refractivity contribution in [3.05, 3.63) is 12.2 Å². The summed E-state index contributed by atoms with van der Waals surface area (Å²) in [6.45, 7) is 8.82. The first-order valence-corrected chi connectivity index (χ1v) is 6.22. The summed E-state index contributed by atoms with van der Waals surface area (Å²) in [7, 11) is 1.35. The van der Waals surface area contributed by atoms with Gasteiger partial charge < -0.3 is 14.2 Å². The van der Waals surface area contributed by atoms with Gasteiger partial charge in [0.05, 0.1) is 32.5 Å². The molecule has 18 heavy (non-hydrogen) atoms. The van der Waals surface area contributed by atoms with Crippen LogP contribution in [0.2, 0.25) is 0 Å². The molecule has 5 heteroatoms. The molecule has 0 bridgehead atoms. The Labute approximate surface area is 109 Å². The van der Waals surface area contributed by atoms with Crippen molar-refractivity contribution in [1.82, 2.24) is 4.90 Å². The van der Waals surface area contributed by atoms with Crippen LogP contribution in [0.3, 0.4) is 0 Å². The van der Waals surface area contributed by atoms with E-state index in [9.17, 15) is 4.79 Å². The number of carbonyl (C=O) groups excluding carboxylic acids is 1. The molecule has 1 aliphatic heterocycles. The van der Waals surface area contributed by atoms with Crippen molar-refractivity contribution in [2.45, 2.75) is 19.4 Å². The molecule has 0 radical (unpaired) electrons. The van der Waals surface area contributed by atoms with Gasteiger partial charge in [-0.25, -0.2) is 4.79 Å². The van der Waals surface area contributed by atoms with Crippen molar-refractivity contribution in [2.24, 2.45) is 0 Å². The number of rotatable bonds is 6. The van der Waals surface area contributed by atoms with E-state index >= 15 is 0 Å². The van der Waals surface area contributed by atoms with Gasteiger partial charge in [-0.3, -0.25) is 4.90 Å². The lowest BCUT2D eigenvalue weighted by atomic mass is 10.1. The number of morpholine rings is 1. The summed E-state index contributed by atoms with van der Waals surface area (Å²) in [5.74, 6) is -0.353. The number of carbonyl (C=O) groups is 1. The fourth-order valence-corrected chi connectivity index (χ4v) is 1.86. The minimum atomic E-state index is -0.353. The monoisotopic (exact) mass is 257 g/mol. The Morgan fingerprint density at radius 1 is 1.50 bits per heavy atom. The van der Waals surface area contributed by atoms with E-state index in [4.69, 9.17) is 9.47 Å². The molecule has 0 saturated carbocycles. The molecule has 1 fully saturated rings. The highest BCUT2D eigenvalue weighted by atomic mass is 16.5. The fourth-order valence-electron chi connectivity index (χ4n) is 1.86. The van der Waals surface area contributed by atoms with Crippen LogP contribution in [0.5, 0.6) is 0 Å². The lowest BCUT2D eigenvalue weighted by molar-refractivity contribution is -0.134. The molecule has 104 valence electrons. The van der Waals surface area contributed by atoms with Crippen molar-refractivity contribution in [2.75, 3.05) is 46.6 Å². The minimum Gasteiger partial charge on any atom is -0.466 e. The van der Waals surface area contributed by atoms with E-state index in [1.807, 2.05) is 0 Å². The summed E-state index contributed by atoms with van der Waals surface area (Å²) in [6, 6.07) is 0. The zero-order chi connectivity index (χ0) is 13.4. The first-order chi connectivity index (χ1) is 8.53. The molecule has 0 amide bonds. The van der Waals surface area contributed by atoms with Gasteiger partial charge in [0.2, 0.25) is 0 Å². The zero-order valence-electron chi connectivity index (χ0n) is 11.5. The SMILES string of the molecule is COC(=O)/C=C/COCCN1CCOC(C)(C)C1. The van der Waals surface area contributed by atoms with Crippen LogP contribution in [0, 0.1) is 0 Å². The van der Waals surface area contributed by atoms with E-state index in [2.05, 4.69) is 23.5 Å². The first-order valence-electron chi connectivity index (χ1n) is 6.22. The number of nitrogens with zero attached hydrogens (tertiary/aromatic N) is 1. The lowest BCUT2D eigenvalue weighted by Gasteiger charge is -2.38. The van der Waals surface area contributed by atoms with E-state index in [0.29, 0.717) is 13.2 Å². The Balaban J connectivity index is 2.07. The summed E-state index contributed by atoms with van der Waals surface area (Å²) in [5, 5.41) is 0. The Morgan fingerprint density at radius 3 is 2.94 bits per heavy atom. The third-order valence-electron chi connectivity index (χ3n) is 2.73. The maximum absolute atomic E-state index is 10.8. The molecule has 0 aliphatic carbocycles. The molecule has 5 nitrogen and oxygen atoms in total. The average Bonchev–Trinajstić information content (AvgIpc) is 2.32. The maximum atomic E-state index is 10.8. The molecule has 0 aromatic heterocycles. The molecule has 1 saturated heterocycles. The average molecular weight is 257 g/mol. The van der Waals surface area contributed by atoms with Crippen LogP contribution in [-0.2, 0) is 19.0 Å². The van der Waals surface area contributed by atoms with Crippen molar-refractivity contribution >= 4 is 5.97 Å². The van der Waals surface area contributed by atoms with Crippen LogP contribution in [0.4, 0.5) is 0 Å². The molecule has 0 unspecified atom stereocenters. The summed E-state index contributed by atoms with van der Waals surface area (Å²) in [4.78, 5) is 13.1. The van der Waals surface area contributed by atoms with Gasteiger partial charge in [-0.05, 0) is 13.8 Å². The summed E-state index contributed by atoms with van der Waals surface area (Å²) >= 11 is 0. The van der Waals surface area contributed by atoms with Crippen molar-refractivity contribution in [3.8, 4) is 0 Å². The van der Waals surface area contributed by atoms with Gasteiger partial charge in [0.1, 0.15) is 0 Å². The van der Waals surface area contributed by atoms with Gasteiger partial charge in [0.25, 0.3) is 0 Å². The summed E-state index contributed by atoms with van der Waals surface area (Å²) in [5.41, 5.74) is -0.0664. The lowest BCUT2D eigenvalue weighted by Crippen LogP contribution is -2.49. The topological polar surface area (TPSA) is 48.0 Å². The largest absolute Gasteiger partial charge is 0.466 e. The molecule has 1 aliphatic rings. The highest BCUT2D eigenvalue weighted by molar-refractivity contribution is 5.81. The normalized spacial score (nSPS) is 20.2. The molecule has 0 N–H and O–H groups in total. The third kappa shape index (κ3) is 6.14. The van der Waals surface area contributed by atoms with Crippen LogP contribution >= 0.6 is 0 Å². The molecular weight excluding hydrogens is 234 g/mol. The Morgan fingerprint density at radius 2 is 2.28 bits per heavy atom. The molecule has 1 heterocycles. The number of methoxy groups -OCH3 is 1. The van der Waals surface area contributed by atoms with Crippen molar-refractivity contribution in [1.29, 1.82) is 0 Å². The number of esters is 1. The summed E-state index contributed by atoms with van der Waals surface area (Å²) < 4.78 is 15.5. The van der Waals surface area contributed by atoms with Crippen LogP contribution in [0.15, 0.2) is 12.2 Å². The van der Waals surface area contributed by atoms with Gasteiger partial charge in [-0.1, -0.05) is 6.08 Å². The molecule has 0 aromatic rings. The number of hydrogen-bond donors (Lipinski definition) is 0. The number of ether oxygens (including phenoxy) is 3. The Bertz CT molecular complexity index is 289. The third-order valence-corrected chi connectivity index (χ3v) is 2.73. The number of hydrogen-bond acceptors (Lipinski definition) is 5. The summed E-state index contributed by atoms with van der Waals surface area (Å²) in [6.07, 6.45) is 3.03. The predicted octanol–water partition coefficient (Wildman–Crippen LogP) is 0.843. The zero-order valence-corrected chi connectivity index (χ0v) is 11.5. The highest BCUT2D eigenvalue weighted by Crippen LogP contribution is 2.15.